The molecule has 7 nitrogen and oxygen atoms in total. The number of methoxy groups -OCH3 is 1. The molecule has 0 saturated heterocycles. The topological polar surface area (TPSA) is 96.5 Å². The van der Waals surface area contributed by atoms with E-state index in [1.807, 2.05) is 24.3 Å². The summed E-state index contributed by atoms with van der Waals surface area (Å²) in [5.74, 6) is -0.187. The monoisotopic (exact) mass is 397 g/mol. The van der Waals surface area contributed by atoms with Gasteiger partial charge < -0.3 is 20.7 Å². The van der Waals surface area contributed by atoms with E-state index in [0.717, 1.165) is 11.3 Å². The lowest BCUT2D eigenvalue weighted by atomic mass is 9.90. The smallest absolute Gasteiger partial charge is 0.239 e. The summed E-state index contributed by atoms with van der Waals surface area (Å²) >= 11 is 0. The maximum atomic E-state index is 12.6. The van der Waals surface area contributed by atoms with Crippen molar-refractivity contribution in [1.82, 2.24) is 5.32 Å². The zero-order chi connectivity index (χ0) is 21.4. The molecule has 0 saturated carbocycles. The molecule has 0 aliphatic rings. The number of carbonyl (C=O) groups excluding carboxylic acids is 3. The van der Waals surface area contributed by atoms with Crippen LogP contribution < -0.4 is 20.7 Å². The Morgan fingerprint density at radius 1 is 0.897 bits per heavy atom. The lowest BCUT2D eigenvalue weighted by Crippen LogP contribution is -2.45. The molecule has 0 bridgehead atoms. The third-order valence-corrected chi connectivity index (χ3v) is 4.47. The Bertz CT molecular complexity index is 876. The molecule has 0 unspecified atom stereocenters. The van der Waals surface area contributed by atoms with Crippen molar-refractivity contribution >= 4 is 29.1 Å². The van der Waals surface area contributed by atoms with Crippen LogP contribution >= 0.6 is 0 Å². The van der Waals surface area contributed by atoms with Gasteiger partial charge in [0, 0.05) is 24.8 Å². The molecule has 0 aliphatic carbocycles. The number of para-hydroxylation sites is 1. The fourth-order valence-corrected chi connectivity index (χ4v) is 2.67. The second kappa shape index (κ2) is 9.73. The summed E-state index contributed by atoms with van der Waals surface area (Å²) in [6.45, 7) is 4.96. The molecule has 29 heavy (non-hydrogen) atoms. The van der Waals surface area contributed by atoms with Crippen LogP contribution in [0.1, 0.15) is 26.3 Å². The molecule has 2 aromatic rings. The van der Waals surface area contributed by atoms with Gasteiger partial charge in [-0.1, -0.05) is 18.2 Å². The van der Waals surface area contributed by atoms with E-state index in [1.54, 1.807) is 45.2 Å². The quantitative estimate of drug-likeness (QED) is 0.597. The maximum absolute atomic E-state index is 12.6. The van der Waals surface area contributed by atoms with Gasteiger partial charge in [-0.3, -0.25) is 14.4 Å². The van der Waals surface area contributed by atoms with Crippen molar-refractivity contribution in [3.8, 4) is 5.75 Å². The van der Waals surface area contributed by atoms with E-state index in [-0.39, 0.29) is 11.8 Å². The van der Waals surface area contributed by atoms with E-state index >= 15 is 0 Å². The summed E-state index contributed by atoms with van der Waals surface area (Å²) in [6, 6.07) is 14.3. The highest BCUT2D eigenvalue weighted by Gasteiger charge is 2.35. The summed E-state index contributed by atoms with van der Waals surface area (Å²) in [5, 5.41) is 8.21. The van der Waals surface area contributed by atoms with E-state index in [1.165, 1.54) is 6.92 Å². The molecular weight excluding hydrogens is 370 g/mol. The number of amides is 3. The fraction of sp³-hybridized carbons (Fsp3) is 0.318. The Balaban J connectivity index is 1.91. The fourth-order valence-electron chi connectivity index (χ4n) is 2.67. The summed E-state index contributed by atoms with van der Waals surface area (Å²) < 4.78 is 5.30. The average molecular weight is 397 g/mol. The first-order chi connectivity index (χ1) is 13.7. The second-order valence-electron chi connectivity index (χ2n) is 7.16. The normalized spacial score (nSPS) is 10.8. The summed E-state index contributed by atoms with van der Waals surface area (Å²) in [7, 11) is 1.60. The number of hydrogen-bond acceptors (Lipinski definition) is 4. The van der Waals surface area contributed by atoms with Gasteiger partial charge in [0.2, 0.25) is 17.7 Å². The molecule has 3 N–H and O–H groups in total. The van der Waals surface area contributed by atoms with Gasteiger partial charge in [-0.25, -0.2) is 0 Å². The van der Waals surface area contributed by atoms with Crippen LogP contribution in [-0.4, -0.2) is 31.4 Å². The molecule has 3 amide bonds. The van der Waals surface area contributed by atoms with Gasteiger partial charge >= 0.3 is 0 Å². The lowest BCUT2D eigenvalue weighted by molar-refractivity contribution is -0.138. The molecule has 0 aliphatic heterocycles. The standard InChI is InChI=1S/C22H27N3O4/c1-15(26)24-17-9-11-18(12-10-17)25-21(28)22(2,3)20(27)23-14-13-16-7-5-6-8-19(16)29-4/h5-12H,13-14H2,1-4H3,(H,23,27)(H,24,26)(H,25,28). The SMILES string of the molecule is COc1ccccc1CCNC(=O)C(C)(C)C(=O)Nc1ccc(NC(C)=O)cc1. The number of rotatable bonds is 8. The van der Waals surface area contributed by atoms with E-state index in [2.05, 4.69) is 16.0 Å². The van der Waals surface area contributed by atoms with Crippen molar-refractivity contribution in [2.24, 2.45) is 5.41 Å². The molecule has 154 valence electrons. The van der Waals surface area contributed by atoms with Crippen molar-refractivity contribution in [2.45, 2.75) is 27.2 Å². The summed E-state index contributed by atoms with van der Waals surface area (Å²) in [5.41, 5.74) is 0.900. The zero-order valence-electron chi connectivity index (χ0n) is 17.2. The Morgan fingerprint density at radius 3 is 2.07 bits per heavy atom. The first-order valence-corrected chi connectivity index (χ1v) is 9.33. The van der Waals surface area contributed by atoms with Crippen LogP contribution in [-0.2, 0) is 20.8 Å². The van der Waals surface area contributed by atoms with Crippen LogP contribution in [0.4, 0.5) is 11.4 Å². The number of benzene rings is 2. The van der Waals surface area contributed by atoms with Gasteiger partial charge in [0.15, 0.2) is 0 Å². The first-order valence-electron chi connectivity index (χ1n) is 9.33. The average Bonchev–Trinajstić information content (AvgIpc) is 2.69. The van der Waals surface area contributed by atoms with Gasteiger partial charge in [0.05, 0.1) is 7.11 Å². The molecule has 7 heteroatoms. The molecular formula is C22H27N3O4. The van der Waals surface area contributed by atoms with E-state index in [0.29, 0.717) is 24.3 Å². The molecule has 2 rings (SSSR count). The van der Waals surface area contributed by atoms with Gasteiger partial charge in [-0.15, -0.1) is 0 Å². The minimum atomic E-state index is -1.25. The van der Waals surface area contributed by atoms with Crippen LogP contribution in [0.2, 0.25) is 0 Å². The van der Waals surface area contributed by atoms with Crippen molar-refractivity contribution in [2.75, 3.05) is 24.3 Å². The van der Waals surface area contributed by atoms with Gasteiger partial charge in [0.25, 0.3) is 0 Å². The summed E-state index contributed by atoms with van der Waals surface area (Å²) in [6.07, 6.45) is 0.595. The zero-order valence-corrected chi connectivity index (χ0v) is 17.2. The Labute approximate surface area is 170 Å². The van der Waals surface area contributed by atoms with E-state index in [4.69, 9.17) is 4.74 Å². The molecule has 0 heterocycles. The highest BCUT2D eigenvalue weighted by molar-refractivity contribution is 6.09. The second-order valence-corrected chi connectivity index (χ2v) is 7.16. The van der Waals surface area contributed by atoms with Crippen LogP contribution in [0, 0.1) is 5.41 Å². The molecule has 0 fully saturated rings. The Kier molecular flexibility index (Phi) is 7.36. The molecule has 2 aromatic carbocycles. The maximum Gasteiger partial charge on any atom is 0.239 e. The number of hydrogen-bond donors (Lipinski definition) is 3. The third-order valence-electron chi connectivity index (χ3n) is 4.47. The minimum absolute atomic E-state index is 0.173. The van der Waals surface area contributed by atoms with Gasteiger partial charge in [-0.2, -0.15) is 0 Å². The van der Waals surface area contributed by atoms with Crippen LogP contribution in [0.5, 0.6) is 5.75 Å². The molecule has 0 atom stereocenters. The van der Waals surface area contributed by atoms with Gasteiger partial charge in [0.1, 0.15) is 11.2 Å². The first kappa shape index (κ1) is 21.9. The van der Waals surface area contributed by atoms with Crippen molar-refractivity contribution < 1.29 is 19.1 Å². The number of anilines is 2. The van der Waals surface area contributed by atoms with Crippen LogP contribution in [0.25, 0.3) is 0 Å². The Hall–Kier alpha value is -3.35. The predicted octanol–water partition coefficient (Wildman–Crippen LogP) is 2.98. The molecule has 0 spiro atoms. The number of ether oxygens (including phenoxy) is 1. The third kappa shape index (κ3) is 6.07. The molecule has 0 aromatic heterocycles. The largest absolute Gasteiger partial charge is 0.496 e. The highest BCUT2D eigenvalue weighted by Crippen LogP contribution is 2.21. The number of nitrogens with one attached hydrogen (secondary N) is 3. The van der Waals surface area contributed by atoms with E-state index < -0.39 is 11.3 Å². The Morgan fingerprint density at radius 2 is 1.48 bits per heavy atom. The van der Waals surface area contributed by atoms with Crippen molar-refractivity contribution in [1.29, 1.82) is 0 Å². The predicted molar refractivity (Wildman–Crippen MR) is 113 cm³/mol. The highest BCUT2D eigenvalue weighted by atomic mass is 16.5. The van der Waals surface area contributed by atoms with E-state index in [9.17, 15) is 14.4 Å². The van der Waals surface area contributed by atoms with Gasteiger partial charge in [-0.05, 0) is 56.2 Å². The minimum Gasteiger partial charge on any atom is -0.496 e. The lowest BCUT2D eigenvalue weighted by Gasteiger charge is -2.23. The van der Waals surface area contributed by atoms with Crippen LogP contribution in [0.3, 0.4) is 0 Å². The van der Waals surface area contributed by atoms with Crippen molar-refractivity contribution in [3.05, 3.63) is 54.1 Å². The summed E-state index contributed by atoms with van der Waals surface area (Å²) in [4.78, 5) is 36.2. The molecule has 0 radical (unpaired) electrons. The number of carbonyl (C=O) groups is 3. The van der Waals surface area contributed by atoms with Crippen LogP contribution in [0.15, 0.2) is 48.5 Å². The van der Waals surface area contributed by atoms with Crippen molar-refractivity contribution in [3.63, 3.8) is 0 Å².